The van der Waals surface area contributed by atoms with Crippen LogP contribution in [-0.4, -0.2) is 37.9 Å². The number of nitrogens with one attached hydrogen (secondary N) is 1. The van der Waals surface area contributed by atoms with Crippen LogP contribution in [-0.2, 0) is 10.0 Å². The van der Waals surface area contributed by atoms with Crippen molar-refractivity contribution in [3.63, 3.8) is 0 Å². The van der Waals surface area contributed by atoms with E-state index in [9.17, 15) is 8.42 Å². The van der Waals surface area contributed by atoms with Crippen LogP contribution in [0.2, 0.25) is 0 Å². The van der Waals surface area contributed by atoms with Crippen LogP contribution >= 0.6 is 27.3 Å². The molecule has 0 spiro atoms. The number of aryl methyl sites for hydroxylation is 1. The number of halogens is 1. The van der Waals surface area contributed by atoms with E-state index in [1.807, 2.05) is 6.92 Å². The van der Waals surface area contributed by atoms with Gasteiger partial charge in [0.2, 0.25) is 10.0 Å². The van der Waals surface area contributed by atoms with Crippen LogP contribution < -0.4 is 5.32 Å². The highest BCUT2D eigenvalue weighted by atomic mass is 79.9. The van der Waals surface area contributed by atoms with E-state index >= 15 is 0 Å². The Bertz CT molecular complexity index is 586. The number of hydrogen-bond acceptors (Lipinski definition) is 4. The third-order valence-electron chi connectivity index (χ3n) is 4.03. The van der Waals surface area contributed by atoms with E-state index in [1.54, 1.807) is 10.4 Å². The summed E-state index contributed by atoms with van der Waals surface area (Å²) >= 11 is 4.87. The highest BCUT2D eigenvalue weighted by Crippen LogP contribution is 2.34. The zero-order valence-corrected chi connectivity index (χ0v) is 15.9. The van der Waals surface area contributed by atoms with Crippen LogP contribution in [0.3, 0.4) is 0 Å². The predicted octanol–water partition coefficient (Wildman–Crippen LogP) is 3.36. The van der Waals surface area contributed by atoms with Gasteiger partial charge in [0.1, 0.15) is 0 Å². The quantitative estimate of drug-likeness (QED) is 0.832. The Labute approximate surface area is 140 Å². The van der Waals surface area contributed by atoms with E-state index in [0.29, 0.717) is 11.4 Å². The van der Waals surface area contributed by atoms with Gasteiger partial charge in [-0.2, -0.15) is 4.31 Å². The number of nitrogens with zero attached hydrogens (tertiary/aromatic N) is 1. The number of sulfonamides is 1. The van der Waals surface area contributed by atoms with E-state index in [4.69, 9.17) is 0 Å². The first-order valence-corrected chi connectivity index (χ1v) is 10.4. The summed E-state index contributed by atoms with van der Waals surface area (Å²) in [6, 6.07) is 1.95. The maximum atomic E-state index is 13.0. The molecule has 4 nitrogen and oxygen atoms in total. The van der Waals surface area contributed by atoms with Gasteiger partial charge in [0.25, 0.3) is 0 Å². The molecule has 2 heterocycles. The Kier molecular flexibility index (Phi) is 5.87. The third kappa shape index (κ3) is 3.69. The zero-order chi connectivity index (χ0) is 15.6. The number of hydrogen-bond donors (Lipinski definition) is 1. The van der Waals surface area contributed by atoms with E-state index in [0.717, 1.165) is 34.5 Å². The Morgan fingerprint density at radius 3 is 2.81 bits per heavy atom. The molecule has 2 atom stereocenters. The molecule has 1 aliphatic rings. The minimum absolute atomic E-state index is 0.0433. The smallest absolute Gasteiger partial charge is 0.244 e. The van der Waals surface area contributed by atoms with Crippen molar-refractivity contribution in [2.45, 2.75) is 57.0 Å². The fourth-order valence-electron chi connectivity index (χ4n) is 3.00. The van der Waals surface area contributed by atoms with E-state index in [1.165, 1.54) is 11.3 Å². The Morgan fingerprint density at radius 1 is 1.52 bits per heavy atom. The van der Waals surface area contributed by atoms with Gasteiger partial charge < -0.3 is 5.32 Å². The summed E-state index contributed by atoms with van der Waals surface area (Å²) < 4.78 is 28.6. The summed E-state index contributed by atoms with van der Waals surface area (Å²) in [5, 5.41) is 3.38. The molecule has 2 rings (SSSR count). The normalized spacial score (nSPS) is 22.4. The van der Waals surface area contributed by atoms with Gasteiger partial charge in [0, 0.05) is 23.5 Å². The molecule has 1 fully saturated rings. The lowest BCUT2D eigenvalue weighted by Gasteiger charge is -2.38. The molecular formula is C14H23BrN2O2S2. The average Bonchev–Trinajstić information content (AvgIpc) is 2.79. The van der Waals surface area contributed by atoms with E-state index in [2.05, 4.69) is 35.1 Å². The fourth-order valence-corrected chi connectivity index (χ4v) is 7.15. The monoisotopic (exact) mass is 394 g/mol. The van der Waals surface area contributed by atoms with Crippen molar-refractivity contribution in [1.29, 1.82) is 0 Å². The Hall–Kier alpha value is 0.0500. The van der Waals surface area contributed by atoms with Crippen molar-refractivity contribution in [1.82, 2.24) is 9.62 Å². The van der Waals surface area contributed by atoms with Crippen LogP contribution in [0.5, 0.6) is 0 Å². The maximum Gasteiger partial charge on any atom is 0.244 e. The fraction of sp³-hybridized carbons (Fsp3) is 0.714. The second kappa shape index (κ2) is 7.08. The first kappa shape index (κ1) is 17.4. The van der Waals surface area contributed by atoms with Crippen LogP contribution in [0.4, 0.5) is 0 Å². The van der Waals surface area contributed by atoms with Gasteiger partial charge in [0.05, 0.1) is 8.68 Å². The van der Waals surface area contributed by atoms with Crippen molar-refractivity contribution in [2.75, 3.05) is 13.1 Å². The van der Waals surface area contributed by atoms with Crippen molar-refractivity contribution in [3.05, 3.63) is 14.7 Å². The standard InChI is InChI=1S/C14H23BrN2O2S2/c1-4-16-10(2)12-7-5-6-8-17(12)21(18,19)13-9-14(15)20-11(13)3/h9-10,12,16H,4-8H2,1-3H3. The number of likely N-dealkylation sites (N-methyl/N-ethyl adjacent to an activating group) is 1. The largest absolute Gasteiger partial charge is 0.313 e. The minimum Gasteiger partial charge on any atom is -0.313 e. The lowest BCUT2D eigenvalue weighted by atomic mass is 9.99. The molecule has 0 radical (unpaired) electrons. The van der Waals surface area contributed by atoms with Gasteiger partial charge in [-0.25, -0.2) is 8.42 Å². The summed E-state index contributed by atoms with van der Waals surface area (Å²) in [5.74, 6) is 0. The molecule has 0 saturated carbocycles. The lowest BCUT2D eigenvalue weighted by Crippen LogP contribution is -2.53. The van der Waals surface area contributed by atoms with Crippen molar-refractivity contribution >= 4 is 37.3 Å². The predicted molar refractivity (Wildman–Crippen MR) is 91.4 cm³/mol. The molecule has 1 aliphatic heterocycles. The van der Waals surface area contributed by atoms with Gasteiger partial charge >= 0.3 is 0 Å². The molecule has 1 aromatic rings. The van der Waals surface area contributed by atoms with Gasteiger partial charge in [0.15, 0.2) is 0 Å². The third-order valence-corrected chi connectivity index (χ3v) is 7.76. The molecule has 21 heavy (non-hydrogen) atoms. The minimum atomic E-state index is -3.41. The van der Waals surface area contributed by atoms with Gasteiger partial charge in [-0.3, -0.25) is 0 Å². The Morgan fingerprint density at radius 2 is 2.24 bits per heavy atom. The second-order valence-electron chi connectivity index (χ2n) is 5.50. The second-order valence-corrected chi connectivity index (χ2v) is 9.99. The zero-order valence-electron chi connectivity index (χ0n) is 12.7. The molecule has 0 amide bonds. The van der Waals surface area contributed by atoms with Gasteiger partial charge in [-0.15, -0.1) is 11.3 Å². The molecular weight excluding hydrogens is 372 g/mol. The highest BCUT2D eigenvalue weighted by Gasteiger charge is 2.37. The first-order chi connectivity index (χ1) is 9.87. The summed E-state index contributed by atoms with van der Waals surface area (Å²) in [6.07, 6.45) is 2.97. The van der Waals surface area contributed by atoms with Crippen molar-refractivity contribution < 1.29 is 8.42 Å². The van der Waals surface area contributed by atoms with Crippen molar-refractivity contribution in [3.8, 4) is 0 Å². The molecule has 1 saturated heterocycles. The summed E-state index contributed by atoms with van der Waals surface area (Å²) in [4.78, 5) is 1.30. The van der Waals surface area contributed by atoms with Crippen LogP contribution in [0.25, 0.3) is 0 Å². The van der Waals surface area contributed by atoms with Crippen LogP contribution in [0.15, 0.2) is 14.7 Å². The van der Waals surface area contributed by atoms with Gasteiger partial charge in [-0.05, 0) is 55.2 Å². The highest BCUT2D eigenvalue weighted by molar-refractivity contribution is 9.11. The number of rotatable bonds is 5. The first-order valence-electron chi connectivity index (χ1n) is 7.39. The van der Waals surface area contributed by atoms with E-state index < -0.39 is 10.0 Å². The molecule has 2 unspecified atom stereocenters. The molecule has 0 aliphatic carbocycles. The van der Waals surface area contributed by atoms with Crippen molar-refractivity contribution in [2.24, 2.45) is 0 Å². The van der Waals surface area contributed by atoms with E-state index in [-0.39, 0.29) is 12.1 Å². The Balaban J connectivity index is 2.34. The molecule has 0 aromatic carbocycles. The van der Waals surface area contributed by atoms with Gasteiger partial charge in [-0.1, -0.05) is 13.3 Å². The lowest BCUT2D eigenvalue weighted by molar-refractivity contribution is 0.210. The molecule has 1 N–H and O–H groups in total. The molecule has 120 valence electrons. The summed E-state index contributed by atoms with van der Waals surface area (Å²) in [5.41, 5.74) is 0. The topological polar surface area (TPSA) is 49.4 Å². The van der Waals surface area contributed by atoms with Crippen LogP contribution in [0.1, 0.15) is 38.0 Å². The molecule has 7 heteroatoms. The number of piperidine rings is 1. The average molecular weight is 395 g/mol. The number of thiophene rings is 1. The maximum absolute atomic E-state index is 13.0. The SMILES string of the molecule is CCNC(C)C1CCCCN1S(=O)(=O)c1cc(Br)sc1C. The summed E-state index contributed by atoms with van der Waals surface area (Å²) in [7, 11) is -3.41. The molecule has 1 aromatic heterocycles. The summed E-state index contributed by atoms with van der Waals surface area (Å²) in [6.45, 7) is 7.48. The molecule has 0 bridgehead atoms. The van der Waals surface area contributed by atoms with Crippen LogP contribution in [0, 0.1) is 6.92 Å².